The number of rotatable bonds is 4. The fourth-order valence-electron chi connectivity index (χ4n) is 2.59. The molecule has 1 atom stereocenters. The Hall–Kier alpha value is -1.85. The van der Waals surface area contributed by atoms with Gasteiger partial charge >= 0.3 is 0 Å². The van der Waals surface area contributed by atoms with Gasteiger partial charge < -0.3 is 15.5 Å². The number of aromatic nitrogens is 2. The van der Waals surface area contributed by atoms with Crippen LogP contribution >= 0.6 is 0 Å². The van der Waals surface area contributed by atoms with Crippen LogP contribution in [0.15, 0.2) is 6.07 Å². The maximum Gasteiger partial charge on any atom is 0.227 e. The van der Waals surface area contributed by atoms with E-state index in [-0.39, 0.29) is 11.3 Å². The number of hydrogen-bond donors (Lipinski definition) is 2. The van der Waals surface area contributed by atoms with Crippen LogP contribution in [0.3, 0.4) is 0 Å². The van der Waals surface area contributed by atoms with Crippen molar-refractivity contribution < 1.29 is 4.79 Å². The van der Waals surface area contributed by atoms with Crippen molar-refractivity contribution in [3.63, 3.8) is 0 Å². The Kier molecular flexibility index (Phi) is 4.11. The van der Waals surface area contributed by atoms with Crippen molar-refractivity contribution in [2.45, 2.75) is 27.2 Å². The molecule has 2 heterocycles. The summed E-state index contributed by atoms with van der Waals surface area (Å²) in [4.78, 5) is 23.0. The molecule has 6 nitrogen and oxygen atoms in total. The normalized spacial score (nSPS) is 21.9. The van der Waals surface area contributed by atoms with Gasteiger partial charge in [0.1, 0.15) is 5.82 Å². The highest BCUT2D eigenvalue weighted by atomic mass is 16.2. The zero-order chi connectivity index (χ0) is 14.8. The molecule has 0 bridgehead atoms. The van der Waals surface area contributed by atoms with Gasteiger partial charge in [0.05, 0.1) is 5.41 Å². The van der Waals surface area contributed by atoms with Crippen LogP contribution in [0.25, 0.3) is 0 Å². The highest BCUT2D eigenvalue weighted by Gasteiger charge is 2.40. The Balaban J connectivity index is 2.19. The maximum absolute atomic E-state index is 12.0. The van der Waals surface area contributed by atoms with Gasteiger partial charge in [-0.15, -0.1) is 0 Å². The van der Waals surface area contributed by atoms with Crippen LogP contribution in [-0.2, 0) is 4.79 Å². The van der Waals surface area contributed by atoms with Crippen LogP contribution in [0.5, 0.6) is 0 Å². The first-order chi connectivity index (χ1) is 9.48. The summed E-state index contributed by atoms with van der Waals surface area (Å²) in [6.07, 6.45) is 0.840. The van der Waals surface area contributed by atoms with Crippen LogP contribution in [0, 0.1) is 12.3 Å². The fraction of sp³-hybridized carbons (Fsp3) is 0.643. The van der Waals surface area contributed by atoms with Gasteiger partial charge in [-0.1, -0.05) is 0 Å². The molecule has 0 radical (unpaired) electrons. The van der Waals surface area contributed by atoms with E-state index in [0.717, 1.165) is 31.0 Å². The molecule has 6 heteroatoms. The SMILES string of the molecule is CCNc1nc(C)cc(N2CCC(C)(C(=O)NC)C2)n1. The van der Waals surface area contributed by atoms with E-state index in [1.165, 1.54) is 0 Å². The third kappa shape index (κ3) is 2.84. The monoisotopic (exact) mass is 277 g/mol. The van der Waals surface area contributed by atoms with Crippen molar-refractivity contribution in [2.75, 3.05) is 36.9 Å². The second-order valence-electron chi connectivity index (χ2n) is 5.53. The van der Waals surface area contributed by atoms with E-state index in [1.54, 1.807) is 7.05 Å². The lowest BCUT2D eigenvalue weighted by Gasteiger charge is -2.23. The first-order valence-electron chi connectivity index (χ1n) is 7.05. The summed E-state index contributed by atoms with van der Waals surface area (Å²) >= 11 is 0. The third-order valence-corrected chi connectivity index (χ3v) is 3.75. The molecule has 20 heavy (non-hydrogen) atoms. The molecular weight excluding hydrogens is 254 g/mol. The Morgan fingerprint density at radius 2 is 2.25 bits per heavy atom. The molecule has 0 spiro atoms. The van der Waals surface area contributed by atoms with E-state index in [0.29, 0.717) is 12.5 Å². The van der Waals surface area contributed by atoms with Crippen LogP contribution in [0.2, 0.25) is 0 Å². The lowest BCUT2D eigenvalue weighted by molar-refractivity contribution is -0.128. The van der Waals surface area contributed by atoms with Crippen molar-refractivity contribution in [1.82, 2.24) is 15.3 Å². The molecule has 1 aromatic rings. The molecule has 110 valence electrons. The molecule has 1 aliphatic rings. The van der Waals surface area contributed by atoms with Gasteiger partial charge in [0.2, 0.25) is 11.9 Å². The molecule has 1 fully saturated rings. The van der Waals surface area contributed by atoms with E-state index in [4.69, 9.17) is 0 Å². The van der Waals surface area contributed by atoms with E-state index in [9.17, 15) is 4.79 Å². The lowest BCUT2D eigenvalue weighted by atomic mass is 9.89. The summed E-state index contributed by atoms with van der Waals surface area (Å²) < 4.78 is 0. The average Bonchev–Trinajstić information content (AvgIpc) is 2.81. The summed E-state index contributed by atoms with van der Waals surface area (Å²) in [5.41, 5.74) is 0.589. The first kappa shape index (κ1) is 14.6. The van der Waals surface area contributed by atoms with E-state index in [2.05, 4.69) is 25.5 Å². The molecule has 0 saturated carbocycles. The van der Waals surface area contributed by atoms with Gasteiger partial charge in [0.15, 0.2) is 0 Å². The molecule has 1 amide bonds. The van der Waals surface area contributed by atoms with Crippen molar-refractivity contribution in [1.29, 1.82) is 0 Å². The molecule has 0 aromatic carbocycles. The van der Waals surface area contributed by atoms with Crippen LogP contribution < -0.4 is 15.5 Å². The molecule has 1 aliphatic heterocycles. The maximum atomic E-state index is 12.0. The van der Waals surface area contributed by atoms with E-state index in [1.807, 2.05) is 26.8 Å². The fourth-order valence-corrected chi connectivity index (χ4v) is 2.59. The van der Waals surface area contributed by atoms with Gasteiger partial charge in [-0.05, 0) is 27.2 Å². The smallest absolute Gasteiger partial charge is 0.227 e. The average molecular weight is 277 g/mol. The number of hydrogen-bond acceptors (Lipinski definition) is 5. The van der Waals surface area contributed by atoms with Crippen LogP contribution in [0.1, 0.15) is 26.0 Å². The molecule has 1 saturated heterocycles. The highest BCUT2D eigenvalue weighted by Crippen LogP contribution is 2.33. The minimum atomic E-state index is -0.341. The van der Waals surface area contributed by atoms with Crippen molar-refractivity contribution in [3.8, 4) is 0 Å². The zero-order valence-corrected chi connectivity index (χ0v) is 12.7. The van der Waals surface area contributed by atoms with Gasteiger partial charge in [-0.3, -0.25) is 4.79 Å². The predicted molar refractivity (Wildman–Crippen MR) is 79.9 cm³/mol. The molecule has 0 aliphatic carbocycles. The summed E-state index contributed by atoms with van der Waals surface area (Å²) in [6, 6.07) is 1.97. The number of aryl methyl sites for hydroxylation is 1. The summed E-state index contributed by atoms with van der Waals surface area (Å²) in [5.74, 6) is 1.63. The van der Waals surface area contributed by atoms with Gasteiger partial charge in [-0.25, -0.2) is 4.98 Å². The number of anilines is 2. The van der Waals surface area contributed by atoms with Crippen molar-refractivity contribution >= 4 is 17.7 Å². The highest BCUT2D eigenvalue weighted by molar-refractivity contribution is 5.83. The first-order valence-corrected chi connectivity index (χ1v) is 7.05. The van der Waals surface area contributed by atoms with Gasteiger partial charge in [-0.2, -0.15) is 4.98 Å². The summed E-state index contributed by atoms with van der Waals surface area (Å²) in [7, 11) is 1.69. The number of nitrogens with zero attached hydrogens (tertiary/aromatic N) is 3. The lowest BCUT2D eigenvalue weighted by Crippen LogP contribution is -2.39. The Morgan fingerprint density at radius 3 is 2.90 bits per heavy atom. The molecular formula is C14H23N5O. The van der Waals surface area contributed by atoms with Crippen LogP contribution in [-0.4, -0.2) is 42.6 Å². The quantitative estimate of drug-likeness (QED) is 0.865. The second-order valence-corrected chi connectivity index (χ2v) is 5.53. The Morgan fingerprint density at radius 1 is 1.50 bits per heavy atom. The van der Waals surface area contributed by atoms with Crippen molar-refractivity contribution in [3.05, 3.63) is 11.8 Å². The molecule has 1 unspecified atom stereocenters. The van der Waals surface area contributed by atoms with Crippen LogP contribution in [0.4, 0.5) is 11.8 Å². The Labute approximate surface area is 120 Å². The number of carbonyl (C=O) groups is 1. The van der Waals surface area contributed by atoms with E-state index >= 15 is 0 Å². The Bertz CT molecular complexity index is 504. The zero-order valence-electron chi connectivity index (χ0n) is 12.7. The topological polar surface area (TPSA) is 70.2 Å². The molecule has 2 N–H and O–H groups in total. The largest absolute Gasteiger partial charge is 0.359 e. The van der Waals surface area contributed by atoms with Gasteiger partial charge in [0, 0.05) is 38.4 Å². The molecule has 1 aromatic heterocycles. The van der Waals surface area contributed by atoms with E-state index < -0.39 is 0 Å². The third-order valence-electron chi connectivity index (χ3n) is 3.75. The summed E-state index contributed by atoms with van der Waals surface area (Å²) in [5, 5.41) is 5.89. The van der Waals surface area contributed by atoms with Crippen molar-refractivity contribution in [2.24, 2.45) is 5.41 Å². The minimum absolute atomic E-state index is 0.0951. The van der Waals surface area contributed by atoms with Gasteiger partial charge in [0.25, 0.3) is 0 Å². The standard InChI is InChI=1S/C14H23N5O/c1-5-16-13-17-10(2)8-11(18-13)19-7-6-14(3,9-19)12(20)15-4/h8H,5-7,9H2,1-4H3,(H,15,20)(H,16,17,18). The number of amides is 1. The second kappa shape index (κ2) is 5.64. The molecule has 2 rings (SSSR count). The predicted octanol–water partition coefficient (Wildman–Crippen LogP) is 1.18. The summed E-state index contributed by atoms with van der Waals surface area (Å²) in [6.45, 7) is 8.30. The number of nitrogens with one attached hydrogen (secondary N) is 2. The minimum Gasteiger partial charge on any atom is -0.359 e. The number of carbonyl (C=O) groups excluding carboxylic acids is 1.